The molecule has 1 heterocycles. The van der Waals surface area contributed by atoms with Crippen molar-refractivity contribution in [1.82, 2.24) is 4.98 Å². The topological polar surface area (TPSA) is 70.2 Å². The molecule has 1 aromatic carbocycles. The number of rotatable bonds is 5. The molecule has 104 valence electrons. The van der Waals surface area contributed by atoms with Gasteiger partial charge in [0.05, 0.1) is 16.8 Å². The Balaban J connectivity index is 2.43. The van der Waals surface area contributed by atoms with Gasteiger partial charge in [-0.2, -0.15) is 0 Å². The van der Waals surface area contributed by atoms with Crippen molar-refractivity contribution in [3.8, 4) is 0 Å². The molecule has 0 bridgehead atoms. The van der Waals surface area contributed by atoms with Crippen LogP contribution in [0.25, 0.3) is 10.9 Å². The third-order valence-corrected chi connectivity index (χ3v) is 5.04. The summed E-state index contributed by atoms with van der Waals surface area (Å²) in [7, 11) is -3.18. The number of aromatic nitrogens is 1. The predicted molar refractivity (Wildman–Crippen MR) is 76.0 cm³/mol. The molecule has 2 aromatic rings. The lowest BCUT2D eigenvalue weighted by Crippen LogP contribution is -2.03. The van der Waals surface area contributed by atoms with Crippen LogP contribution in [0.4, 0.5) is 0 Å². The zero-order valence-electron chi connectivity index (χ0n) is 11.2. The van der Waals surface area contributed by atoms with E-state index in [-0.39, 0.29) is 11.9 Å². The Labute approximate surface area is 113 Å². The number of hydrogen-bond acceptors (Lipinski definition) is 3. The Morgan fingerprint density at radius 1 is 1.37 bits per heavy atom. The minimum Gasteiger partial charge on any atom is -0.393 e. The highest BCUT2D eigenvalue weighted by molar-refractivity contribution is 7.91. The molecule has 0 aliphatic heterocycles. The molecule has 1 unspecified atom stereocenters. The molecular weight excluding hydrogens is 262 g/mol. The third-order valence-electron chi connectivity index (χ3n) is 3.31. The van der Waals surface area contributed by atoms with Crippen molar-refractivity contribution in [3.05, 3.63) is 30.0 Å². The van der Waals surface area contributed by atoms with Gasteiger partial charge in [0, 0.05) is 17.1 Å². The van der Waals surface area contributed by atoms with Gasteiger partial charge in [0.2, 0.25) is 0 Å². The molecule has 0 aliphatic rings. The van der Waals surface area contributed by atoms with Crippen LogP contribution in [0.1, 0.15) is 25.8 Å². The smallest absolute Gasteiger partial charge is 0.178 e. The summed E-state index contributed by atoms with van der Waals surface area (Å²) in [5, 5.41) is 10.3. The Morgan fingerprint density at radius 3 is 2.74 bits per heavy atom. The fourth-order valence-electron chi connectivity index (χ4n) is 2.09. The number of fused-ring (bicyclic) bond motifs is 1. The van der Waals surface area contributed by atoms with E-state index in [1.807, 2.05) is 6.20 Å². The molecule has 0 saturated carbocycles. The number of aromatic amines is 1. The van der Waals surface area contributed by atoms with E-state index < -0.39 is 9.84 Å². The molecule has 19 heavy (non-hydrogen) atoms. The largest absolute Gasteiger partial charge is 0.393 e. The van der Waals surface area contributed by atoms with Crippen LogP contribution in [-0.2, 0) is 16.3 Å². The van der Waals surface area contributed by atoms with Crippen LogP contribution in [0, 0.1) is 0 Å². The average molecular weight is 281 g/mol. The molecule has 2 rings (SSSR count). The standard InChI is InChI=1S/C14H19NO3S/c1-3-19(17,18)12-6-7-14-13(8-12)11(9-15-14)5-4-10(2)16/h6-10,15-16H,3-5H2,1-2H3. The fraction of sp³-hybridized carbons (Fsp3) is 0.429. The Morgan fingerprint density at radius 2 is 2.11 bits per heavy atom. The summed E-state index contributed by atoms with van der Waals surface area (Å²) >= 11 is 0. The second kappa shape index (κ2) is 5.35. The number of sulfone groups is 1. The number of nitrogens with one attached hydrogen (secondary N) is 1. The summed E-state index contributed by atoms with van der Waals surface area (Å²) in [6.45, 7) is 3.40. The van der Waals surface area contributed by atoms with Crippen LogP contribution in [0.5, 0.6) is 0 Å². The molecular formula is C14H19NO3S. The Bertz CT molecular complexity index is 671. The normalized spacial score (nSPS) is 13.8. The van der Waals surface area contributed by atoms with E-state index in [4.69, 9.17) is 0 Å². The molecule has 5 heteroatoms. The molecule has 0 saturated heterocycles. The van der Waals surface area contributed by atoms with Crippen LogP contribution >= 0.6 is 0 Å². The lowest BCUT2D eigenvalue weighted by Gasteiger charge is -2.04. The van der Waals surface area contributed by atoms with E-state index in [9.17, 15) is 13.5 Å². The quantitative estimate of drug-likeness (QED) is 0.883. The van der Waals surface area contributed by atoms with Crippen molar-refractivity contribution in [3.63, 3.8) is 0 Å². The second-order valence-electron chi connectivity index (χ2n) is 4.81. The summed E-state index contributed by atoms with van der Waals surface area (Å²) in [5.74, 6) is 0.103. The van der Waals surface area contributed by atoms with Gasteiger partial charge >= 0.3 is 0 Å². The summed E-state index contributed by atoms with van der Waals surface area (Å²) < 4.78 is 23.8. The fourth-order valence-corrected chi connectivity index (χ4v) is 2.99. The van der Waals surface area contributed by atoms with Crippen molar-refractivity contribution < 1.29 is 13.5 Å². The molecule has 0 aliphatic carbocycles. The van der Waals surface area contributed by atoms with Crippen molar-refractivity contribution >= 4 is 20.7 Å². The number of benzene rings is 1. The monoisotopic (exact) mass is 281 g/mol. The summed E-state index contributed by atoms with van der Waals surface area (Å²) in [5.41, 5.74) is 1.97. The first-order valence-electron chi connectivity index (χ1n) is 6.45. The van der Waals surface area contributed by atoms with Gasteiger partial charge in [-0.3, -0.25) is 0 Å². The lowest BCUT2D eigenvalue weighted by molar-refractivity contribution is 0.185. The summed E-state index contributed by atoms with van der Waals surface area (Å²) in [6, 6.07) is 5.15. The van der Waals surface area contributed by atoms with E-state index >= 15 is 0 Å². The van der Waals surface area contributed by atoms with Gasteiger partial charge in [-0.15, -0.1) is 0 Å². The maximum absolute atomic E-state index is 11.9. The van der Waals surface area contributed by atoms with E-state index in [1.165, 1.54) is 0 Å². The van der Waals surface area contributed by atoms with Gasteiger partial charge in [0.1, 0.15) is 0 Å². The van der Waals surface area contributed by atoms with Crippen molar-refractivity contribution in [2.24, 2.45) is 0 Å². The number of hydrogen-bond donors (Lipinski definition) is 2. The Kier molecular flexibility index (Phi) is 3.96. The number of H-pyrrole nitrogens is 1. The second-order valence-corrected chi connectivity index (χ2v) is 7.09. The number of aliphatic hydroxyl groups excluding tert-OH is 1. The summed E-state index contributed by atoms with van der Waals surface area (Å²) in [4.78, 5) is 3.49. The lowest BCUT2D eigenvalue weighted by atomic mass is 10.1. The molecule has 2 N–H and O–H groups in total. The molecule has 0 fully saturated rings. The predicted octanol–water partition coefficient (Wildman–Crippen LogP) is 2.27. The average Bonchev–Trinajstić information content (AvgIpc) is 2.78. The molecule has 0 radical (unpaired) electrons. The van der Waals surface area contributed by atoms with E-state index in [0.29, 0.717) is 11.3 Å². The van der Waals surface area contributed by atoms with E-state index in [2.05, 4.69) is 4.98 Å². The molecule has 4 nitrogen and oxygen atoms in total. The highest BCUT2D eigenvalue weighted by atomic mass is 32.2. The Hall–Kier alpha value is -1.33. The van der Waals surface area contributed by atoms with Crippen molar-refractivity contribution in [2.45, 2.75) is 37.7 Å². The van der Waals surface area contributed by atoms with Gasteiger partial charge in [0.25, 0.3) is 0 Å². The van der Waals surface area contributed by atoms with Gasteiger partial charge < -0.3 is 10.1 Å². The van der Waals surface area contributed by atoms with E-state index in [1.54, 1.807) is 32.0 Å². The van der Waals surface area contributed by atoms with Crippen LogP contribution in [0.3, 0.4) is 0 Å². The number of aliphatic hydroxyl groups is 1. The first-order valence-corrected chi connectivity index (χ1v) is 8.10. The highest BCUT2D eigenvalue weighted by Gasteiger charge is 2.14. The molecule has 1 aromatic heterocycles. The van der Waals surface area contributed by atoms with Crippen LogP contribution in [0.2, 0.25) is 0 Å². The molecule has 0 spiro atoms. The third kappa shape index (κ3) is 2.98. The zero-order valence-corrected chi connectivity index (χ0v) is 12.0. The first kappa shape index (κ1) is 14.1. The minimum atomic E-state index is -3.18. The van der Waals surface area contributed by atoms with Crippen molar-refractivity contribution in [1.29, 1.82) is 0 Å². The maximum atomic E-state index is 11.9. The van der Waals surface area contributed by atoms with E-state index in [0.717, 1.165) is 22.9 Å². The minimum absolute atomic E-state index is 0.103. The van der Waals surface area contributed by atoms with Gasteiger partial charge in [0.15, 0.2) is 9.84 Å². The highest BCUT2D eigenvalue weighted by Crippen LogP contribution is 2.24. The SMILES string of the molecule is CCS(=O)(=O)c1ccc2[nH]cc(CCC(C)O)c2c1. The van der Waals surface area contributed by atoms with Gasteiger partial charge in [-0.05, 0) is 43.5 Å². The maximum Gasteiger partial charge on any atom is 0.178 e. The zero-order chi connectivity index (χ0) is 14.0. The van der Waals surface area contributed by atoms with Crippen LogP contribution < -0.4 is 0 Å². The first-order chi connectivity index (χ1) is 8.94. The summed E-state index contributed by atoms with van der Waals surface area (Å²) in [6.07, 6.45) is 2.92. The molecule has 1 atom stereocenters. The molecule has 0 amide bonds. The van der Waals surface area contributed by atoms with Gasteiger partial charge in [-0.1, -0.05) is 6.92 Å². The van der Waals surface area contributed by atoms with Crippen molar-refractivity contribution in [2.75, 3.05) is 5.75 Å². The van der Waals surface area contributed by atoms with Gasteiger partial charge in [-0.25, -0.2) is 8.42 Å². The van der Waals surface area contributed by atoms with Crippen LogP contribution in [0.15, 0.2) is 29.3 Å². The van der Waals surface area contributed by atoms with Crippen LogP contribution in [-0.4, -0.2) is 30.4 Å². The number of aryl methyl sites for hydroxylation is 1.